The number of sulfonamides is 1. The lowest BCUT2D eigenvalue weighted by molar-refractivity contribution is 0.0160. The van der Waals surface area contributed by atoms with Crippen molar-refractivity contribution in [2.75, 3.05) is 17.6 Å². The molecule has 0 saturated heterocycles. The number of anilines is 1. The lowest BCUT2D eigenvalue weighted by Gasteiger charge is -2.11. The summed E-state index contributed by atoms with van der Waals surface area (Å²) < 4.78 is 34.1. The molecule has 1 unspecified atom stereocenters. The molecule has 1 N–H and O–H groups in total. The van der Waals surface area contributed by atoms with Crippen LogP contribution in [0.15, 0.2) is 30.9 Å². The van der Waals surface area contributed by atoms with Gasteiger partial charge in [-0.05, 0) is 19.9 Å². The average Bonchev–Trinajstić information content (AvgIpc) is 3.18. The van der Waals surface area contributed by atoms with Crippen molar-refractivity contribution in [2.45, 2.75) is 20.1 Å². The van der Waals surface area contributed by atoms with Gasteiger partial charge in [0.05, 0.1) is 41.6 Å². The average molecular weight is 374 g/mol. The molecule has 3 rings (SSSR count). The minimum atomic E-state index is -3.42. The maximum atomic E-state index is 11.5. The van der Waals surface area contributed by atoms with Crippen LogP contribution in [-0.4, -0.2) is 40.7 Å². The maximum absolute atomic E-state index is 11.5. The van der Waals surface area contributed by atoms with Gasteiger partial charge in [-0.15, -0.1) is 0 Å². The van der Waals surface area contributed by atoms with Crippen molar-refractivity contribution in [1.82, 2.24) is 19.4 Å². The van der Waals surface area contributed by atoms with Gasteiger partial charge in [-0.2, -0.15) is 15.5 Å². The van der Waals surface area contributed by atoms with Crippen molar-refractivity contribution < 1.29 is 13.2 Å². The van der Waals surface area contributed by atoms with E-state index in [2.05, 4.69) is 21.0 Å². The molecule has 3 aromatic heterocycles. The zero-order valence-corrected chi connectivity index (χ0v) is 15.4. The van der Waals surface area contributed by atoms with E-state index in [-0.39, 0.29) is 6.23 Å². The molecule has 0 aliphatic rings. The first-order valence-corrected chi connectivity index (χ1v) is 9.77. The van der Waals surface area contributed by atoms with Gasteiger partial charge in [0, 0.05) is 23.9 Å². The Kier molecular flexibility index (Phi) is 4.67. The second-order valence-electron chi connectivity index (χ2n) is 5.74. The molecule has 10 heteroatoms. The summed E-state index contributed by atoms with van der Waals surface area (Å²) in [5.41, 5.74) is 2.67. The minimum absolute atomic E-state index is 0.244. The van der Waals surface area contributed by atoms with Crippen LogP contribution in [0, 0.1) is 11.3 Å². The summed E-state index contributed by atoms with van der Waals surface area (Å²) in [6.45, 7) is 4.33. The Labute approximate surface area is 150 Å². The normalized spacial score (nSPS) is 12.8. The summed E-state index contributed by atoms with van der Waals surface area (Å²) in [5.74, 6) is 0. The van der Waals surface area contributed by atoms with Crippen LogP contribution in [0.1, 0.15) is 25.6 Å². The highest BCUT2D eigenvalue weighted by Gasteiger charge is 2.17. The molecule has 26 heavy (non-hydrogen) atoms. The van der Waals surface area contributed by atoms with Gasteiger partial charge in [-0.1, -0.05) is 0 Å². The number of aromatic nitrogens is 4. The van der Waals surface area contributed by atoms with Gasteiger partial charge in [0.2, 0.25) is 10.0 Å². The van der Waals surface area contributed by atoms with Crippen LogP contribution < -0.4 is 4.72 Å². The smallest absolute Gasteiger partial charge is 0.229 e. The first-order chi connectivity index (χ1) is 12.3. The van der Waals surface area contributed by atoms with Gasteiger partial charge < -0.3 is 4.74 Å². The Morgan fingerprint density at radius 3 is 2.77 bits per heavy atom. The summed E-state index contributed by atoms with van der Waals surface area (Å²) >= 11 is 0. The van der Waals surface area contributed by atoms with Crippen LogP contribution in [0.3, 0.4) is 0 Å². The van der Waals surface area contributed by atoms with Crippen LogP contribution >= 0.6 is 0 Å². The maximum Gasteiger partial charge on any atom is 0.229 e. The number of nitriles is 1. The van der Waals surface area contributed by atoms with Gasteiger partial charge in [0.15, 0.2) is 0 Å². The second kappa shape index (κ2) is 6.78. The molecule has 3 aromatic rings. The standard InChI is InChI=1S/C16H18N6O3S/c1-4-25-11(2)21-9-13(8-18-21)16-12(6-17)7-19-22-10-14(5-15(16)22)20-26(3,23)24/h5,7-11,20H,4H2,1-3H3. The van der Waals surface area contributed by atoms with Crippen molar-refractivity contribution in [3.05, 3.63) is 36.4 Å². The molecule has 9 nitrogen and oxygen atoms in total. The van der Waals surface area contributed by atoms with Crippen LogP contribution in [-0.2, 0) is 14.8 Å². The lowest BCUT2D eigenvalue weighted by atomic mass is 10.1. The van der Waals surface area contributed by atoms with E-state index in [9.17, 15) is 13.7 Å². The third kappa shape index (κ3) is 3.54. The molecule has 0 aliphatic carbocycles. The SMILES string of the molecule is CCOC(C)n1cc(-c2c(C#N)cnn3cc(NS(C)(=O)=O)cc23)cn1. The Morgan fingerprint density at radius 1 is 1.35 bits per heavy atom. The summed E-state index contributed by atoms with van der Waals surface area (Å²) in [6, 6.07) is 3.76. The van der Waals surface area contributed by atoms with E-state index >= 15 is 0 Å². The fourth-order valence-corrected chi connectivity index (χ4v) is 3.24. The van der Waals surface area contributed by atoms with Gasteiger partial charge in [-0.3, -0.25) is 4.72 Å². The Bertz CT molecular complexity index is 1090. The molecular weight excluding hydrogens is 356 g/mol. The highest BCUT2D eigenvalue weighted by atomic mass is 32.2. The molecule has 0 bridgehead atoms. The topological polar surface area (TPSA) is 114 Å². The van der Waals surface area contributed by atoms with Gasteiger partial charge in [0.25, 0.3) is 0 Å². The Morgan fingerprint density at radius 2 is 2.12 bits per heavy atom. The molecule has 136 valence electrons. The van der Waals surface area contributed by atoms with Crippen LogP contribution in [0.25, 0.3) is 16.6 Å². The van der Waals surface area contributed by atoms with Crippen molar-refractivity contribution >= 4 is 21.2 Å². The van der Waals surface area contributed by atoms with E-state index in [0.717, 1.165) is 6.26 Å². The van der Waals surface area contributed by atoms with E-state index in [1.165, 1.54) is 10.7 Å². The van der Waals surface area contributed by atoms with Crippen LogP contribution in [0.5, 0.6) is 0 Å². The molecule has 0 radical (unpaired) electrons. The van der Waals surface area contributed by atoms with E-state index < -0.39 is 10.0 Å². The second-order valence-corrected chi connectivity index (χ2v) is 7.49. The highest BCUT2D eigenvalue weighted by molar-refractivity contribution is 7.92. The highest BCUT2D eigenvalue weighted by Crippen LogP contribution is 2.30. The summed E-state index contributed by atoms with van der Waals surface area (Å²) in [7, 11) is -3.42. The zero-order valence-electron chi connectivity index (χ0n) is 14.5. The molecule has 0 fully saturated rings. The number of ether oxygens (including phenoxy) is 1. The predicted molar refractivity (Wildman–Crippen MR) is 95.9 cm³/mol. The van der Waals surface area contributed by atoms with Crippen LogP contribution in [0.4, 0.5) is 5.69 Å². The summed E-state index contributed by atoms with van der Waals surface area (Å²) in [5, 5.41) is 17.9. The molecule has 3 heterocycles. The van der Waals surface area contributed by atoms with E-state index in [1.54, 1.807) is 29.3 Å². The number of fused-ring (bicyclic) bond motifs is 1. The van der Waals surface area contributed by atoms with Gasteiger partial charge >= 0.3 is 0 Å². The summed E-state index contributed by atoms with van der Waals surface area (Å²) in [4.78, 5) is 0. The number of hydrogen-bond acceptors (Lipinski definition) is 6. The molecular formula is C16H18N6O3S. The quantitative estimate of drug-likeness (QED) is 0.706. The van der Waals surface area contributed by atoms with Gasteiger partial charge in [-0.25, -0.2) is 17.6 Å². The molecule has 0 aromatic carbocycles. The third-order valence-corrected chi connectivity index (χ3v) is 4.34. The molecule has 0 saturated carbocycles. The third-order valence-electron chi connectivity index (χ3n) is 3.73. The Hall–Kier alpha value is -2.90. The molecule has 0 aliphatic heterocycles. The molecule has 1 atom stereocenters. The largest absolute Gasteiger partial charge is 0.357 e. The predicted octanol–water partition coefficient (Wildman–Crippen LogP) is 2.00. The van der Waals surface area contributed by atoms with Crippen molar-refractivity contribution in [2.24, 2.45) is 0 Å². The molecule has 0 amide bonds. The number of nitrogens with one attached hydrogen (secondary N) is 1. The summed E-state index contributed by atoms with van der Waals surface area (Å²) in [6.07, 6.45) is 7.25. The van der Waals surface area contributed by atoms with E-state index in [0.29, 0.717) is 34.5 Å². The van der Waals surface area contributed by atoms with Crippen molar-refractivity contribution in [1.29, 1.82) is 5.26 Å². The number of nitrogens with zero attached hydrogens (tertiary/aromatic N) is 5. The van der Waals surface area contributed by atoms with E-state index in [1.807, 2.05) is 13.8 Å². The van der Waals surface area contributed by atoms with E-state index in [4.69, 9.17) is 4.74 Å². The number of hydrogen-bond donors (Lipinski definition) is 1. The minimum Gasteiger partial charge on any atom is -0.357 e. The number of rotatable bonds is 6. The van der Waals surface area contributed by atoms with Crippen LogP contribution in [0.2, 0.25) is 0 Å². The van der Waals surface area contributed by atoms with Crippen molar-refractivity contribution in [3.8, 4) is 17.2 Å². The Balaban J connectivity index is 2.13. The molecule has 0 spiro atoms. The fraction of sp³-hybridized carbons (Fsp3) is 0.312. The first kappa shape index (κ1) is 17.9. The first-order valence-electron chi connectivity index (χ1n) is 7.87. The fourth-order valence-electron chi connectivity index (χ4n) is 2.70. The van der Waals surface area contributed by atoms with Gasteiger partial charge in [0.1, 0.15) is 12.3 Å². The zero-order chi connectivity index (χ0) is 18.9. The van der Waals surface area contributed by atoms with Crippen molar-refractivity contribution in [3.63, 3.8) is 0 Å². The monoisotopic (exact) mass is 374 g/mol. The lowest BCUT2D eigenvalue weighted by Crippen LogP contribution is -2.09.